The van der Waals surface area contributed by atoms with Crippen molar-refractivity contribution in [2.24, 2.45) is 5.84 Å². The van der Waals surface area contributed by atoms with Gasteiger partial charge in [-0.1, -0.05) is 43.6 Å². The van der Waals surface area contributed by atoms with Crippen LogP contribution >= 0.6 is 11.6 Å². The highest BCUT2D eigenvalue weighted by Crippen LogP contribution is 2.26. The van der Waals surface area contributed by atoms with E-state index in [1.54, 1.807) is 0 Å². The molecule has 0 saturated heterocycles. The minimum absolute atomic E-state index is 0.315. The molecule has 0 atom stereocenters. The van der Waals surface area contributed by atoms with E-state index in [9.17, 15) is 0 Å². The van der Waals surface area contributed by atoms with E-state index >= 15 is 0 Å². The van der Waals surface area contributed by atoms with E-state index in [1.165, 1.54) is 0 Å². The molecule has 0 fully saturated rings. The summed E-state index contributed by atoms with van der Waals surface area (Å²) in [5.74, 6) is 7.30. The van der Waals surface area contributed by atoms with E-state index in [0.717, 1.165) is 21.8 Å². The predicted octanol–water partition coefficient (Wildman–Crippen LogP) is 3.44. The lowest BCUT2D eigenvalue weighted by Crippen LogP contribution is -2.15. The Hall–Kier alpha value is -1.65. The summed E-state index contributed by atoms with van der Waals surface area (Å²) in [4.78, 5) is 9.08. The first-order chi connectivity index (χ1) is 9.52. The molecule has 1 aromatic carbocycles. The highest BCUT2D eigenvalue weighted by Gasteiger charge is 2.14. The third kappa shape index (κ3) is 3.08. The Bertz CT molecular complexity index is 611. The Morgan fingerprint density at radius 1 is 1.25 bits per heavy atom. The van der Waals surface area contributed by atoms with Gasteiger partial charge in [-0.25, -0.2) is 15.8 Å². The molecule has 0 aliphatic rings. The second-order valence-corrected chi connectivity index (χ2v) is 5.46. The number of hydrazine groups is 1. The molecule has 0 bridgehead atoms. The monoisotopic (exact) mass is 290 g/mol. The number of halogens is 1. The Kier molecular flexibility index (Phi) is 4.57. The molecule has 1 heterocycles. The lowest BCUT2D eigenvalue weighted by atomic mass is 10.0. The van der Waals surface area contributed by atoms with E-state index in [-0.39, 0.29) is 0 Å². The van der Waals surface area contributed by atoms with E-state index in [0.29, 0.717) is 24.0 Å². The van der Waals surface area contributed by atoms with Crippen LogP contribution in [0.1, 0.15) is 42.4 Å². The third-order valence-corrected chi connectivity index (χ3v) is 3.57. The first-order valence-corrected chi connectivity index (χ1v) is 6.98. The third-order valence-electron chi connectivity index (χ3n) is 3.20. The molecular weight excluding hydrogens is 272 g/mol. The Balaban J connectivity index is 2.39. The van der Waals surface area contributed by atoms with Gasteiger partial charge in [-0.05, 0) is 24.5 Å². The van der Waals surface area contributed by atoms with Gasteiger partial charge in [-0.15, -0.1) is 0 Å². The van der Waals surface area contributed by atoms with Crippen LogP contribution in [0, 0.1) is 6.92 Å². The maximum absolute atomic E-state index is 6.17. The zero-order valence-corrected chi connectivity index (χ0v) is 12.7. The molecule has 2 aromatic rings. The largest absolute Gasteiger partial charge is 0.308 e. The number of aryl methyl sites for hydroxylation is 1. The molecule has 0 spiro atoms. The van der Waals surface area contributed by atoms with E-state index in [4.69, 9.17) is 17.4 Å². The second kappa shape index (κ2) is 6.20. The van der Waals surface area contributed by atoms with Crippen LogP contribution in [0.4, 0.5) is 5.82 Å². The van der Waals surface area contributed by atoms with E-state index < -0.39 is 0 Å². The number of nitrogens with one attached hydrogen (secondary N) is 1. The van der Waals surface area contributed by atoms with Crippen molar-refractivity contribution >= 4 is 17.4 Å². The highest BCUT2D eigenvalue weighted by atomic mass is 35.5. The van der Waals surface area contributed by atoms with Crippen LogP contribution in [0.3, 0.4) is 0 Å². The van der Waals surface area contributed by atoms with E-state index in [1.807, 2.05) is 31.2 Å². The van der Waals surface area contributed by atoms with Gasteiger partial charge in [0.15, 0.2) is 0 Å². The highest BCUT2D eigenvalue weighted by molar-refractivity contribution is 6.31. The van der Waals surface area contributed by atoms with Crippen LogP contribution in [-0.2, 0) is 6.42 Å². The summed E-state index contributed by atoms with van der Waals surface area (Å²) in [7, 11) is 0. The van der Waals surface area contributed by atoms with Gasteiger partial charge in [-0.3, -0.25) is 0 Å². The first-order valence-electron chi connectivity index (χ1n) is 6.60. The van der Waals surface area contributed by atoms with Crippen molar-refractivity contribution < 1.29 is 0 Å². The fraction of sp³-hybridized carbons (Fsp3) is 0.333. The van der Waals surface area contributed by atoms with Gasteiger partial charge in [0.25, 0.3) is 0 Å². The Morgan fingerprint density at radius 2 is 1.95 bits per heavy atom. The summed E-state index contributed by atoms with van der Waals surface area (Å²) < 4.78 is 0. The van der Waals surface area contributed by atoms with Gasteiger partial charge in [0.2, 0.25) is 0 Å². The topological polar surface area (TPSA) is 63.8 Å². The van der Waals surface area contributed by atoms with Crippen LogP contribution in [0.2, 0.25) is 5.02 Å². The van der Waals surface area contributed by atoms with Gasteiger partial charge in [0, 0.05) is 22.7 Å². The van der Waals surface area contributed by atoms with Crippen molar-refractivity contribution in [3.05, 3.63) is 51.9 Å². The van der Waals surface area contributed by atoms with Crippen LogP contribution in [0.15, 0.2) is 24.3 Å². The molecule has 106 valence electrons. The number of hydrogen-bond acceptors (Lipinski definition) is 4. The Labute approximate surface area is 124 Å². The second-order valence-electron chi connectivity index (χ2n) is 5.05. The Morgan fingerprint density at radius 3 is 2.55 bits per heavy atom. The van der Waals surface area contributed by atoms with Gasteiger partial charge in [0.1, 0.15) is 11.6 Å². The normalized spacial score (nSPS) is 10.9. The SMILES string of the molecule is Cc1nc(Cc2ccccc2Cl)nc(NN)c1C(C)C. The minimum atomic E-state index is 0.315. The fourth-order valence-corrected chi connectivity index (χ4v) is 2.53. The molecule has 1 aromatic heterocycles. The lowest BCUT2D eigenvalue weighted by molar-refractivity contribution is 0.812. The zero-order valence-electron chi connectivity index (χ0n) is 11.9. The quantitative estimate of drug-likeness (QED) is 0.669. The number of nitrogen functional groups attached to an aromatic ring is 1. The summed E-state index contributed by atoms with van der Waals surface area (Å²) in [6.07, 6.45) is 0.591. The molecular formula is C15H19ClN4. The van der Waals surface area contributed by atoms with Gasteiger partial charge in [-0.2, -0.15) is 0 Å². The van der Waals surface area contributed by atoms with Gasteiger partial charge < -0.3 is 5.43 Å². The zero-order chi connectivity index (χ0) is 14.7. The van der Waals surface area contributed by atoms with Crippen molar-refractivity contribution in [2.75, 3.05) is 5.43 Å². The minimum Gasteiger partial charge on any atom is -0.308 e. The molecule has 0 aliphatic heterocycles. The van der Waals surface area contributed by atoms with Crippen molar-refractivity contribution in [2.45, 2.75) is 33.1 Å². The number of hydrogen-bond donors (Lipinski definition) is 2. The number of anilines is 1. The molecule has 0 amide bonds. The van der Waals surface area contributed by atoms with Crippen molar-refractivity contribution in [3.63, 3.8) is 0 Å². The lowest BCUT2D eigenvalue weighted by Gasteiger charge is -2.15. The average Bonchev–Trinajstić information content (AvgIpc) is 2.40. The number of nitrogens with two attached hydrogens (primary N) is 1. The van der Waals surface area contributed by atoms with Crippen LogP contribution in [-0.4, -0.2) is 9.97 Å². The number of aromatic nitrogens is 2. The molecule has 20 heavy (non-hydrogen) atoms. The summed E-state index contributed by atoms with van der Waals surface area (Å²) in [5.41, 5.74) is 5.68. The maximum Gasteiger partial charge on any atom is 0.147 e. The maximum atomic E-state index is 6.17. The number of benzene rings is 1. The summed E-state index contributed by atoms with van der Waals surface area (Å²) in [6.45, 7) is 6.18. The van der Waals surface area contributed by atoms with Gasteiger partial charge >= 0.3 is 0 Å². The number of nitrogens with zero attached hydrogens (tertiary/aromatic N) is 2. The molecule has 0 radical (unpaired) electrons. The standard InChI is InChI=1S/C15H19ClN4/c1-9(2)14-10(3)18-13(19-15(14)20-17)8-11-6-4-5-7-12(11)16/h4-7,9H,8,17H2,1-3H3,(H,18,19,20). The molecule has 3 N–H and O–H groups in total. The van der Waals surface area contributed by atoms with Crippen LogP contribution < -0.4 is 11.3 Å². The smallest absolute Gasteiger partial charge is 0.147 e. The molecule has 5 heteroatoms. The molecule has 2 rings (SSSR count). The molecule has 0 unspecified atom stereocenters. The molecule has 0 aliphatic carbocycles. The fourth-order valence-electron chi connectivity index (χ4n) is 2.33. The van der Waals surface area contributed by atoms with Crippen LogP contribution in [0.25, 0.3) is 0 Å². The average molecular weight is 291 g/mol. The summed E-state index contributed by atoms with van der Waals surface area (Å²) in [6, 6.07) is 7.71. The molecule has 0 saturated carbocycles. The number of rotatable bonds is 4. The van der Waals surface area contributed by atoms with Crippen molar-refractivity contribution in [3.8, 4) is 0 Å². The van der Waals surface area contributed by atoms with Gasteiger partial charge in [0.05, 0.1) is 0 Å². The summed E-state index contributed by atoms with van der Waals surface area (Å²) in [5, 5.41) is 0.726. The summed E-state index contributed by atoms with van der Waals surface area (Å²) >= 11 is 6.17. The van der Waals surface area contributed by atoms with E-state index in [2.05, 4.69) is 29.2 Å². The van der Waals surface area contributed by atoms with Crippen LogP contribution in [0.5, 0.6) is 0 Å². The van der Waals surface area contributed by atoms with Crippen molar-refractivity contribution in [1.29, 1.82) is 0 Å². The predicted molar refractivity (Wildman–Crippen MR) is 82.9 cm³/mol. The molecule has 4 nitrogen and oxygen atoms in total. The van der Waals surface area contributed by atoms with Crippen molar-refractivity contribution in [1.82, 2.24) is 9.97 Å². The first kappa shape index (κ1) is 14.8.